The van der Waals surface area contributed by atoms with Crippen LogP contribution in [0.2, 0.25) is 10.0 Å². The van der Waals surface area contributed by atoms with Gasteiger partial charge in [0.05, 0.1) is 26.3 Å². The van der Waals surface area contributed by atoms with Crippen LogP contribution in [0.5, 0.6) is 0 Å². The van der Waals surface area contributed by atoms with Gasteiger partial charge in [0.25, 0.3) is 5.69 Å². The normalized spacial score (nSPS) is 16.3. The second-order valence-corrected chi connectivity index (χ2v) is 13.0. The molecule has 2 aliphatic rings. The van der Waals surface area contributed by atoms with Gasteiger partial charge in [-0.15, -0.1) is 0 Å². The van der Waals surface area contributed by atoms with Crippen molar-refractivity contribution in [1.29, 1.82) is 0 Å². The van der Waals surface area contributed by atoms with Crippen LogP contribution in [0.15, 0.2) is 65.6 Å². The number of carbonyl (C=O) groups excluding carboxylic acids is 1. The number of non-ortho nitro benzene ring substituents is 1. The first-order chi connectivity index (χ1) is 19.7. The number of nitrogen functional groups attached to an aromatic ring is 1. The Labute approximate surface area is 265 Å². The lowest BCUT2D eigenvalue weighted by atomic mass is 9.73. The van der Waals surface area contributed by atoms with Crippen molar-refractivity contribution in [2.24, 2.45) is 0 Å². The number of nitro benzene ring substituents is 1. The van der Waals surface area contributed by atoms with E-state index in [2.05, 4.69) is 43.6 Å². The fourth-order valence-electron chi connectivity index (χ4n) is 5.62. The van der Waals surface area contributed by atoms with Gasteiger partial charge in [0.2, 0.25) is 0 Å². The molecule has 5 rings (SSSR count). The highest BCUT2D eigenvalue weighted by Crippen LogP contribution is 2.52. The number of halogens is 3. The molecule has 2 amide bonds. The number of anilines is 2. The van der Waals surface area contributed by atoms with Crippen molar-refractivity contribution in [2.75, 3.05) is 36.8 Å². The standard InChI is InChI=1S/C29H28Cl2IN5O3S/c30-22-8-5-19(16-23(22)31)2-1-13-35-14-11-29(12-15-35)18-36(24-9-10-25(41-32)27(33)26(24)29)28(38)34-17-20-3-6-21(7-4-20)37(39)40/h1-10,16H,11-15,17-18,33H2,(H,34,38)/b2-1+. The lowest BCUT2D eigenvalue weighted by Crippen LogP contribution is -2.47. The molecular formula is C29H28Cl2IN5O3S. The fourth-order valence-corrected chi connectivity index (χ4v) is 7.38. The molecule has 3 aromatic rings. The second-order valence-electron chi connectivity index (χ2n) is 10.3. The topological polar surface area (TPSA) is 105 Å². The minimum Gasteiger partial charge on any atom is -0.397 e. The molecule has 0 aliphatic carbocycles. The van der Waals surface area contributed by atoms with E-state index in [0.717, 1.165) is 65.4 Å². The Hall–Kier alpha value is -2.51. The van der Waals surface area contributed by atoms with Crippen LogP contribution in [-0.2, 0) is 12.0 Å². The van der Waals surface area contributed by atoms with E-state index in [0.29, 0.717) is 16.6 Å². The summed E-state index contributed by atoms with van der Waals surface area (Å²) in [5.74, 6) is 0. The Morgan fingerprint density at radius 3 is 2.51 bits per heavy atom. The van der Waals surface area contributed by atoms with Crippen LogP contribution in [-0.4, -0.2) is 42.0 Å². The highest BCUT2D eigenvalue weighted by atomic mass is 127. The molecule has 2 aliphatic heterocycles. The summed E-state index contributed by atoms with van der Waals surface area (Å²) < 4.78 is 0. The Morgan fingerprint density at radius 1 is 1.12 bits per heavy atom. The molecule has 2 heterocycles. The zero-order valence-corrected chi connectivity index (χ0v) is 26.5. The number of amides is 2. The molecule has 41 heavy (non-hydrogen) atoms. The van der Waals surface area contributed by atoms with Crippen LogP contribution in [0.1, 0.15) is 29.5 Å². The third-order valence-electron chi connectivity index (χ3n) is 7.82. The van der Waals surface area contributed by atoms with Crippen molar-refractivity contribution < 1.29 is 9.72 Å². The van der Waals surface area contributed by atoms with Gasteiger partial charge < -0.3 is 11.1 Å². The first kappa shape index (κ1) is 30.0. The Kier molecular flexibility index (Phi) is 9.34. The number of nitrogens with two attached hydrogens (primary N) is 1. The van der Waals surface area contributed by atoms with Gasteiger partial charge in [0.15, 0.2) is 0 Å². The van der Waals surface area contributed by atoms with Crippen molar-refractivity contribution >= 4 is 82.5 Å². The maximum Gasteiger partial charge on any atom is 0.322 e. The fraction of sp³-hybridized carbons (Fsp3) is 0.276. The maximum absolute atomic E-state index is 13.5. The lowest BCUT2D eigenvalue weighted by Gasteiger charge is -2.40. The number of rotatable bonds is 7. The van der Waals surface area contributed by atoms with E-state index in [1.165, 1.54) is 12.1 Å². The first-order valence-corrected chi connectivity index (χ1v) is 17.2. The van der Waals surface area contributed by atoms with Crippen molar-refractivity contribution in [3.05, 3.63) is 97.5 Å². The molecule has 0 unspecified atom stereocenters. The number of nitrogens with one attached hydrogen (secondary N) is 1. The lowest BCUT2D eigenvalue weighted by molar-refractivity contribution is -0.384. The van der Waals surface area contributed by atoms with E-state index in [9.17, 15) is 14.9 Å². The van der Waals surface area contributed by atoms with E-state index in [-0.39, 0.29) is 23.7 Å². The number of carbonyl (C=O) groups is 1. The molecule has 1 fully saturated rings. The summed E-state index contributed by atoms with van der Waals surface area (Å²) >= 11 is 14.4. The van der Waals surface area contributed by atoms with Gasteiger partial charge >= 0.3 is 6.03 Å². The largest absolute Gasteiger partial charge is 0.397 e. The van der Waals surface area contributed by atoms with E-state index in [1.807, 2.05) is 24.3 Å². The summed E-state index contributed by atoms with van der Waals surface area (Å²) in [7, 11) is 1.58. The predicted octanol–water partition coefficient (Wildman–Crippen LogP) is 7.70. The number of nitrogens with zero attached hydrogens (tertiary/aromatic N) is 3. The van der Waals surface area contributed by atoms with Crippen LogP contribution in [0, 0.1) is 10.1 Å². The van der Waals surface area contributed by atoms with E-state index < -0.39 is 4.92 Å². The highest BCUT2D eigenvalue weighted by molar-refractivity contribution is 14.2. The number of hydrogen-bond donors (Lipinski definition) is 2. The smallest absolute Gasteiger partial charge is 0.322 e. The van der Waals surface area contributed by atoms with Crippen LogP contribution in [0.25, 0.3) is 6.08 Å². The molecule has 0 bridgehead atoms. The number of urea groups is 1. The van der Waals surface area contributed by atoms with Gasteiger partial charge in [-0.2, -0.15) is 0 Å². The number of piperidine rings is 1. The number of hydrogen-bond acceptors (Lipinski definition) is 6. The number of nitro groups is 1. The first-order valence-electron chi connectivity index (χ1n) is 13.0. The Balaban J connectivity index is 1.28. The van der Waals surface area contributed by atoms with Crippen LogP contribution < -0.4 is 16.0 Å². The summed E-state index contributed by atoms with van der Waals surface area (Å²) in [6.45, 7) is 3.39. The zero-order chi connectivity index (χ0) is 29.1. The number of benzene rings is 3. The van der Waals surface area contributed by atoms with Gasteiger partial charge in [-0.25, -0.2) is 4.79 Å². The Morgan fingerprint density at radius 2 is 1.85 bits per heavy atom. The molecule has 0 aromatic heterocycles. The molecule has 1 saturated heterocycles. The summed E-state index contributed by atoms with van der Waals surface area (Å²) in [6, 6.07) is 15.6. The van der Waals surface area contributed by atoms with Crippen molar-refractivity contribution in [3.63, 3.8) is 0 Å². The highest BCUT2D eigenvalue weighted by Gasteiger charge is 2.48. The third kappa shape index (κ3) is 6.46. The van der Waals surface area contributed by atoms with E-state index >= 15 is 0 Å². The molecular weight excluding hydrogens is 696 g/mol. The summed E-state index contributed by atoms with van der Waals surface area (Å²) in [4.78, 5) is 29.2. The van der Waals surface area contributed by atoms with Gasteiger partial charge in [0, 0.05) is 68.8 Å². The van der Waals surface area contributed by atoms with Crippen LogP contribution >= 0.6 is 53.3 Å². The average Bonchev–Trinajstić information content (AvgIpc) is 3.29. The summed E-state index contributed by atoms with van der Waals surface area (Å²) in [5.41, 5.74) is 11.0. The molecule has 8 nitrogen and oxygen atoms in total. The molecule has 12 heteroatoms. The molecule has 1 spiro atoms. The molecule has 0 saturated carbocycles. The van der Waals surface area contributed by atoms with Crippen molar-refractivity contribution in [2.45, 2.75) is 29.7 Å². The molecule has 0 radical (unpaired) electrons. The van der Waals surface area contributed by atoms with Gasteiger partial charge in [-0.3, -0.25) is 19.9 Å². The quantitative estimate of drug-likeness (QED) is 0.112. The molecule has 3 aromatic carbocycles. The zero-order valence-electron chi connectivity index (χ0n) is 22.0. The number of likely N-dealkylation sites (tertiary alicyclic amines) is 1. The summed E-state index contributed by atoms with van der Waals surface area (Å²) in [5, 5.41) is 15.0. The van der Waals surface area contributed by atoms with Crippen LogP contribution in [0.4, 0.5) is 21.9 Å². The monoisotopic (exact) mass is 723 g/mol. The van der Waals surface area contributed by atoms with Gasteiger partial charge in [0.1, 0.15) is 0 Å². The average molecular weight is 724 g/mol. The van der Waals surface area contributed by atoms with Gasteiger partial charge in [-0.05, 0) is 61.3 Å². The van der Waals surface area contributed by atoms with Gasteiger partial charge in [-0.1, -0.05) is 62.5 Å². The summed E-state index contributed by atoms with van der Waals surface area (Å²) in [6.07, 6.45) is 5.95. The SMILES string of the molecule is Nc1c(SI)ccc2c1C1(CCN(C/C=C/c3ccc(Cl)c(Cl)c3)CC1)CN2C(=O)NCc1ccc([N+](=O)[O-])cc1. The predicted molar refractivity (Wildman–Crippen MR) is 176 cm³/mol. The number of fused-ring (bicyclic) bond motifs is 2. The van der Waals surface area contributed by atoms with E-state index in [1.54, 1.807) is 32.0 Å². The van der Waals surface area contributed by atoms with Crippen molar-refractivity contribution in [1.82, 2.24) is 10.2 Å². The van der Waals surface area contributed by atoms with Crippen LogP contribution in [0.3, 0.4) is 0 Å². The Bertz CT molecular complexity index is 1500. The van der Waals surface area contributed by atoms with Crippen molar-refractivity contribution in [3.8, 4) is 0 Å². The second kappa shape index (κ2) is 12.8. The minimum absolute atomic E-state index is 0.0195. The van der Waals surface area contributed by atoms with E-state index in [4.69, 9.17) is 28.9 Å². The molecule has 3 N–H and O–H groups in total. The molecule has 0 atom stereocenters. The molecule has 214 valence electrons. The third-order valence-corrected chi connectivity index (χ3v) is 10.5. The minimum atomic E-state index is -0.438. The maximum atomic E-state index is 13.5.